The molecule has 0 bridgehead atoms. The number of nitrogens with one attached hydrogen (secondary N) is 1. The van der Waals surface area contributed by atoms with Crippen LogP contribution in [0.2, 0.25) is 0 Å². The van der Waals surface area contributed by atoms with Crippen LogP contribution in [0.4, 0.5) is 11.4 Å². The molecule has 4 aromatic rings. The summed E-state index contributed by atoms with van der Waals surface area (Å²) in [5, 5.41) is 14.1. The first-order valence-corrected chi connectivity index (χ1v) is 10.4. The van der Waals surface area contributed by atoms with Crippen molar-refractivity contribution in [2.75, 3.05) is 6.61 Å². The Bertz CT molecular complexity index is 1350. The number of nitrogens with zero attached hydrogens (tertiary/aromatic N) is 3. The van der Waals surface area contributed by atoms with E-state index in [9.17, 15) is 14.9 Å². The molecule has 0 aliphatic rings. The van der Waals surface area contributed by atoms with Gasteiger partial charge in [0.05, 0.1) is 39.9 Å². The van der Waals surface area contributed by atoms with E-state index < -0.39 is 4.92 Å². The molecule has 0 amide bonds. The van der Waals surface area contributed by atoms with Crippen LogP contribution in [-0.2, 0) is 0 Å². The molecule has 0 atom stereocenters. The van der Waals surface area contributed by atoms with Gasteiger partial charge in [0.25, 0.3) is 11.2 Å². The van der Waals surface area contributed by atoms with E-state index in [0.717, 1.165) is 11.3 Å². The summed E-state index contributed by atoms with van der Waals surface area (Å²) >= 11 is 0. The average molecular weight is 442 g/mol. The molecule has 1 aromatic heterocycles. The molecule has 1 heterocycles. The molecule has 0 aliphatic carbocycles. The molecule has 0 saturated heterocycles. The lowest BCUT2D eigenvalue weighted by molar-refractivity contribution is -0.384. The maximum Gasteiger partial charge on any atom is 0.280 e. The van der Waals surface area contributed by atoms with Gasteiger partial charge in [0, 0.05) is 17.7 Å². The van der Waals surface area contributed by atoms with E-state index in [1.165, 1.54) is 28.9 Å². The first kappa shape index (κ1) is 21.8. The van der Waals surface area contributed by atoms with Gasteiger partial charge in [-0.2, -0.15) is 0 Å². The van der Waals surface area contributed by atoms with Gasteiger partial charge in [0.2, 0.25) is 0 Å². The van der Waals surface area contributed by atoms with Gasteiger partial charge in [-0.25, -0.2) is 4.68 Å². The van der Waals surface area contributed by atoms with Crippen LogP contribution in [0.3, 0.4) is 0 Å². The topological polar surface area (TPSA) is 103 Å². The molecule has 33 heavy (non-hydrogen) atoms. The highest BCUT2D eigenvalue weighted by Gasteiger charge is 2.19. The lowest BCUT2D eigenvalue weighted by atomic mass is 10.1. The molecule has 8 nitrogen and oxygen atoms in total. The SMILES string of the molecule is CCOc1ccc(N=C(C)c2c(-c3ccccc3)[nH]n(-c3ccc([N+](=O)[O-])cc3)c2=O)cc1. The number of aromatic nitrogens is 2. The summed E-state index contributed by atoms with van der Waals surface area (Å²) in [5.74, 6) is 0.751. The Morgan fingerprint density at radius 3 is 2.30 bits per heavy atom. The highest BCUT2D eigenvalue weighted by Crippen LogP contribution is 2.24. The Kier molecular flexibility index (Phi) is 6.17. The van der Waals surface area contributed by atoms with Gasteiger partial charge in [-0.05, 0) is 50.2 Å². The van der Waals surface area contributed by atoms with Gasteiger partial charge >= 0.3 is 0 Å². The number of non-ortho nitro benzene ring substituents is 1. The zero-order valence-electron chi connectivity index (χ0n) is 18.2. The van der Waals surface area contributed by atoms with E-state index in [1.807, 2.05) is 61.5 Å². The number of hydrogen-bond donors (Lipinski definition) is 1. The number of benzene rings is 3. The van der Waals surface area contributed by atoms with Crippen LogP contribution in [-0.4, -0.2) is 27.0 Å². The van der Waals surface area contributed by atoms with Crippen LogP contribution in [0.25, 0.3) is 16.9 Å². The maximum absolute atomic E-state index is 13.5. The number of H-pyrrole nitrogens is 1. The number of aliphatic imine (C=N–C) groups is 1. The van der Waals surface area contributed by atoms with Crippen LogP contribution < -0.4 is 10.3 Å². The molecule has 0 aliphatic heterocycles. The maximum atomic E-state index is 13.5. The van der Waals surface area contributed by atoms with E-state index in [2.05, 4.69) is 10.1 Å². The molecule has 0 spiro atoms. The highest BCUT2D eigenvalue weighted by atomic mass is 16.6. The summed E-state index contributed by atoms with van der Waals surface area (Å²) in [4.78, 5) is 28.6. The smallest absolute Gasteiger partial charge is 0.280 e. The molecule has 1 N–H and O–H groups in total. The molecule has 166 valence electrons. The van der Waals surface area contributed by atoms with Crippen molar-refractivity contribution < 1.29 is 9.66 Å². The largest absolute Gasteiger partial charge is 0.494 e. The van der Waals surface area contributed by atoms with Crippen molar-refractivity contribution in [3.63, 3.8) is 0 Å². The van der Waals surface area contributed by atoms with Crippen molar-refractivity contribution in [3.05, 3.63) is 105 Å². The van der Waals surface area contributed by atoms with E-state index in [1.54, 1.807) is 6.92 Å². The minimum absolute atomic E-state index is 0.0462. The summed E-state index contributed by atoms with van der Waals surface area (Å²) in [6.07, 6.45) is 0. The Morgan fingerprint density at radius 1 is 1.03 bits per heavy atom. The Labute approximate surface area is 189 Å². The second-order valence-corrected chi connectivity index (χ2v) is 7.27. The van der Waals surface area contributed by atoms with Crippen molar-refractivity contribution in [3.8, 4) is 22.7 Å². The van der Waals surface area contributed by atoms with Crippen LogP contribution in [0.1, 0.15) is 19.4 Å². The van der Waals surface area contributed by atoms with E-state index in [4.69, 9.17) is 4.74 Å². The van der Waals surface area contributed by atoms with Crippen molar-refractivity contribution in [2.24, 2.45) is 4.99 Å². The third-order valence-corrected chi connectivity index (χ3v) is 5.08. The predicted octanol–water partition coefficient (Wildman–Crippen LogP) is 5.28. The number of aromatic amines is 1. The number of ether oxygens (including phenoxy) is 1. The summed E-state index contributed by atoms with van der Waals surface area (Å²) in [5.41, 5.74) is 3.25. The number of hydrogen-bond acceptors (Lipinski definition) is 5. The fourth-order valence-corrected chi connectivity index (χ4v) is 3.52. The standard InChI is InChI=1S/C25H22N4O4/c1-3-33-22-15-9-19(10-16-22)26-17(2)23-24(18-7-5-4-6-8-18)27-28(25(23)30)20-11-13-21(14-12-20)29(31)32/h4-16,27H,3H2,1-2H3. The van der Waals surface area contributed by atoms with Crippen LogP contribution in [0.5, 0.6) is 5.75 Å². The van der Waals surface area contributed by atoms with Crippen molar-refractivity contribution in [2.45, 2.75) is 13.8 Å². The predicted molar refractivity (Wildman–Crippen MR) is 128 cm³/mol. The fraction of sp³-hybridized carbons (Fsp3) is 0.120. The zero-order chi connectivity index (χ0) is 23.4. The summed E-state index contributed by atoms with van der Waals surface area (Å²) in [6.45, 7) is 4.28. The first-order chi connectivity index (χ1) is 16.0. The quantitative estimate of drug-likeness (QED) is 0.239. The van der Waals surface area contributed by atoms with Crippen LogP contribution in [0, 0.1) is 10.1 Å². The fourth-order valence-electron chi connectivity index (χ4n) is 3.52. The average Bonchev–Trinajstić information content (AvgIpc) is 3.18. The Balaban J connectivity index is 1.82. The van der Waals surface area contributed by atoms with Crippen LogP contribution in [0.15, 0.2) is 88.6 Å². The van der Waals surface area contributed by atoms with E-state index in [0.29, 0.717) is 35.0 Å². The summed E-state index contributed by atoms with van der Waals surface area (Å²) in [7, 11) is 0. The number of nitro benzene ring substituents is 1. The van der Waals surface area contributed by atoms with Crippen molar-refractivity contribution >= 4 is 17.1 Å². The number of rotatable bonds is 7. The van der Waals surface area contributed by atoms with Gasteiger partial charge < -0.3 is 4.74 Å². The monoisotopic (exact) mass is 442 g/mol. The van der Waals surface area contributed by atoms with E-state index >= 15 is 0 Å². The number of nitro groups is 1. The van der Waals surface area contributed by atoms with Gasteiger partial charge in [-0.15, -0.1) is 0 Å². The first-order valence-electron chi connectivity index (χ1n) is 10.4. The zero-order valence-corrected chi connectivity index (χ0v) is 18.2. The summed E-state index contributed by atoms with van der Waals surface area (Å²) < 4.78 is 6.85. The third kappa shape index (κ3) is 4.59. The lowest BCUT2D eigenvalue weighted by Crippen LogP contribution is -2.19. The molecule has 3 aromatic carbocycles. The lowest BCUT2D eigenvalue weighted by Gasteiger charge is -2.04. The molecule has 0 fully saturated rings. The van der Waals surface area contributed by atoms with Gasteiger partial charge in [0.1, 0.15) is 5.75 Å². The molecule has 8 heteroatoms. The van der Waals surface area contributed by atoms with Crippen LogP contribution >= 0.6 is 0 Å². The van der Waals surface area contributed by atoms with Gasteiger partial charge in [-0.3, -0.25) is 25.0 Å². The van der Waals surface area contributed by atoms with Crippen molar-refractivity contribution in [1.29, 1.82) is 0 Å². The van der Waals surface area contributed by atoms with Gasteiger partial charge in [0.15, 0.2) is 0 Å². The highest BCUT2D eigenvalue weighted by molar-refractivity contribution is 6.04. The Hall–Kier alpha value is -4.46. The third-order valence-electron chi connectivity index (χ3n) is 5.08. The molecular formula is C25H22N4O4. The summed E-state index contributed by atoms with van der Waals surface area (Å²) in [6, 6.07) is 22.6. The second-order valence-electron chi connectivity index (χ2n) is 7.27. The molecular weight excluding hydrogens is 420 g/mol. The molecule has 4 rings (SSSR count). The molecule has 0 saturated carbocycles. The van der Waals surface area contributed by atoms with Crippen molar-refractivity contribution in [1.82, 2.24) is 9.78 Å². The van der Waals surface area contributed by atoms with E-state index in [-0.39, 0.29) is 11.2 Å². The normalized spacial score (nSPS) is 11.4. The minimum atomic E-state index is -0.476. The second kappa shape index (κ2) is 9.35. The molecule has 0 radical (unpaired) electrons. The Morgan fingerprint density at radius 2 is 1.70 bits per heavy atom. The minimum Gasteiger partial charge on any atom is -0.494 e. The van der Waals surface area contributed by atoms with Gasteiger partial charge in [-0.1, -0.05) is 30.3 Å². The molecule has 0 unspecified atom stereocenters.